The van der Waals surface area contributed by atoms with Crippen LogP contribution in [0.25, 0.3) is 21.7 Å². The van der Waals surface area contributed by atoms with Crippen molar-refractivity contribution in [2.24, 2.45) is 0 Å². The van der Waals surface area contributed by atoms with Gasteiger partial charge >= 0.3 is 5.97 Å². The van der Waals surface area contributed by atoms with Gasteiger partial charge in [-0.15, -0.1) is 0 Å². The number of carbonyl (C=O) groups is 2. The van der Waals surface area contributed by atoms with Crippen LogP contribution in [0.1, 0.15) is 27.2 Å². The van der Waals surface area contributed by atoms with Gasteiger partial charge in [0.2, 0.25) is 0 Å². The summed E-state index contributed by atoms with van der Waals surface area (Å²) in [6, 6.07) is 17.7. The van der Waals surface area contributed by atoms with Crippen LogP contribution >= 0.6 is 0 Å². The van der Waals surface area contributed by atoms with E-state index in [9.17, 15) is 14.7 Å². The Balaban J connectivity index is 1.60. The zero-order valence-electron chi connectivity index (χ0n) is 18.1. The Morgan fingerprint density at radius 2 is 1.88 bits per heavy atom. The van der Waals surface area contributed by atoms with Gasteiger partial charge in [0.25, 0.3) is 5.91 Å². The average molecular weight is 428 g/mol. The van der Waals surface area contributed by atoms with E-state index in [-0.39, 0.29) is 12.5 Å². The number of aryl methyl sites for hydroxylation is 1. The topological polar surface area (TPSA) is 71.8 Å². The number of benzene rings is 3. The van der Waals surface area contributed by atoms with Gasteiger partial charge in [0.05, 0.1) is 12.7 Å². The molecule has 0 bridgehead atoms. The van der Waals surface area contributed by atoms with Crippen LogP contribution in [0.5, 0.6) is 5.75 Å². The van der Waals surface area contributed by atoms with Crippen molar-refractivity contribution in [2.75, 3.05) is 13.7 Å². The molecule has 4 aromatic rings. The summed E-state index contributed by atoms with van der Waals surface area (Å²) in [7, 11) is 1.58. The Morgan fingerprint density at radius 3 is 2.66 bits per heavy atom. The maximum absolute atomic E-state index is 13.7. The lowest BCUT2D eigenvalue weighted by Crippen LogP contribution is -2.36. The Labute approximate surface area is 185 Å². The van der Waals surface area contributed by atoms with Crippen molar-refractivity contribution in [3.05, 3.63) is 77.0 Å². The van der Waals surface area contributed by atoms with Gasteiger partial charge in [-0.1, -0.05) is 42.0 Å². The highest BCUT2D eigenvalue weighted by molar-refractivity contribution is 6.09. The van der Waals surface area contributed by atoms with E-state index in [1.54, 1.807) is 7.11 Å². The highest BCUT2D eigenvalue weighted by Gasteiger charge is 2.30. The molecule has 0 saturated carbocycles. The number of carboxylic acids is 1. The Bertz CT molecular complexity index is 1390. The minimum absolute atomic E-state index is 0.0731. The molecular formula is C26H24N2O4. The zero-order valence-corrected chi connectivity index (χ0v) is 18.1. The first kappa shape index (κ1) is 20.1. The van der Waals surface area contributed by atoms with Crippen molar-refractivity contribution in [3.8, 4) is 5.75 Å². The molecule has 0 fully saturated rings. The summed E-state index contributed by atoms with van der Waals surface area (Å²) >= 11 is 0. The predicted octanol–water partition coefficient (Wildman–Crippen LogP) is 4.39. The van der Waals surface area contributed by atoms with E-state index >= 15 is 0 Å². The molecule has 1 amide bonds. The molecule has 6 nitrogen and oxygen atoms in total. The summed E-state index contributed by atoms with van der Waals surface area (Å²) in [5.74, 6) is -0.385. The van der Waals surface area contributed by atoms with Gasteiger partial charge in [-0.2, -0.15) is 0 Å². The molecule has 1 N–H and O–H groups in total. The van der Waals surface area contributed by atoms with Gasteiger partial charge in [-0.3, -0.25) is 9.59 Å². The fourth-order valence-corrected chi connectivity index (χ4v) is 4.85. The number of hydrogen-bond acceptors (Lipinski definition) is 3. The number of aromatic nitrogens is 1. The molecule has 162 valence electrons. The first-order valence-electron chi connectivity index (χ1n) is 10.7. The van der Waals surface area contributed by atoms with Crippen LogP contribution in [0, 0.1) is 6.92 Å². The van der Waals surface area contributed by atoms with E-state index < -0.39 is 5.97 Å². The molecule has 0 saturated heterocycles. The van der Waals surface area contributed by atoms with Crippen molar-refractivity contribution < 1.29 is 19.4 Å². The second-order valence-electron chi connectivity index (χ2n) is 8.27. The third-order valence-corrected chi connectivity index (χ3v) is 6.31. The van der Waals surface area contributed by atoms with Gasteiger partial charge in [0, 0.05) is 41.7 Å². The van der Waals surface area contributed by atoms with Crippen molar-refractivity contribution in [2.45, 2.75) is 26.4 Å². The molecule has 6 heteroatoms. The number of hydrogen-bond donors (Lipinski definition) is 1. The quantitative estimate of drug-likeness (QED) is 0.523. The number of aliphatic carboxylic acids is 1. The molecule has 5 rings (SSSR count). The van der Waals surface area contributed by atoms with Crippen LogP contribution in [-0.4, -0.2) is 40.1 Å². The molecule has 0 spiro atoms. The number of nitrogens with zero attached hydrogens (tertiary/aromatic N) is 2. The minimum atomic E-state index is -0.871. The predicted molar refractivity (Wildman–Crippen MR) is 123 cm³/mol. The van der Waals surface area contributed by atoms with E-state index in [2.05, 4.69) is 6.07 Å². The summed E-state index contributed by atoms with van der Waals surface area (Å²) in [4.78, 5) is 27.1. The fraction of sp³-hybridized carbons (Fsp3) is 0.231. The monoisotopic (exact) mass is 428 g/mol. The molecule has 1 aromatic heterocycles. The summed E-state index contributed by atoms with van der Waals surface area (Å²) < 4.78 is 7.43. The summed E-state index contributed by atoms with van der Waals surface area (Å²) in [5, 5.41) is 12.3. The van der Waals surface area contributed by atoms with E-state index in [0.29, 0.717) is 30.8 Å². The van der Waals surface area contributed by atoms with Crippen LogP contribution < -0.4 is 4.74 Å². The molecule has 3 aromatic carbocycles. The van der Waals surface area contributed by atoms with Crippen molar-refractivity contribution in [3.63, 3.8) is 0 Å². The Morgan fingerprint density at radius 1 is 1.06 bits per heavy atom. The number of amides is 1. The first-order valence-corrected chi connectivity index (χ1v) is 10.7. The largest absolute Gasteiger partial charge is 0.496 e. The third-order valence-electron chi connectivity index (χ3n) is 6.31. The molecule has 0 radical (unpaired) electrons. The molecule has 32 heavy (non-hydrogen) atoms. The molecule has 1 aliphatic rings. The van der Waals surface area contributed by atoms with E-state index in [0.717, 1.165) is 38.5 Å². The van der Waals surface area contributed by atoms with E-state index in [1.165, 1.54) is 0 Å². The number of rotatable bonds is 4. The average Bonchev–Trinajstić information content (AvgIpc) is 3.09. The van der Waals surface area contributed by atoms with Crippen LogP contribution in [0.4, 0.5) is 0 Å². The van der Waals surface area contributed by atoms with Crippen LogP contribution in [-0.2, 0) is 24.3 Å². The first-order chi connectivity index (χ1) is 15.5. The number of methoxy groups -OCH3 is 1. The minimum Gasteiger partial charge on any atom is -0.496 e. The normalized spacial score (nSPS) is 13.4. The molecular weight excluding hydrogens is 404 g/mol. The second kappa shape index (κ2) is 7.71. The molecule has 0 unspecified atom stereocenters. The highest BCUT2D eigenvalue weighted by atomic mass is 16.5. The number of fused-ring (bicyclic) bond motifs is 4. The Kier molecular flexibility index (Phi) is 4.85. The van der Waals surface area contributed by atoms with Crippen LogP contribution in [0.3, 0.4) is 0 Å². The molecule has 2 heterocycles. The SMILES string of the molecule is COc1ccc2ccccc2c1C(=O)N1CCc2c(c3cc(C)ccc3n2CC(=O)O)C1. The third kappa shape index (κ3) is 3.19. The molecule has 0 aliphatic carbocycles. The molecule has 0 atom stereocenters. The zero-order chi connectivity index (χ0) is 22.4. The lowest BCUT2D eigenvalue weighted by atomic mass is 9.99. The highest BCUT2D eigenvalue weighted by Crippen LogP contribution is 2.34. The van der Waals surface area contributed by atoms with Gasteiger partial charge in [0.1, 0.15) is 12.3 Å². The van der Waals surface area contributed by atoms with E-state index in [1.807, 2.05) is 64.9 Å². The van der Waals surface area contributed by atoms with Crippen molar-refractivity contribution in [1.82, 2.24) is 9.47 Å². The second-order valence-corrected chi connectivity index (χ2v) is 8.27. The van der Waals surface area contributed by atoms with E-state index in [4.69, 9.17) is 4.74 Å². The van der Waals surface area contributed by atoms with Crippen LogP contribution in [0.2, 0.25) is 0 Å². The number of carbonyl (C=O) groups excluding carboxylic acids is 1. The van der Waals surface area contributed by atoms with Gasteiger partial charge in [-0.05, 0) is 35.9 Å². The summed E-state index contributed by atoms with van der Waals surface area (Å²) in [6.45, 7) is 2.90. The van der Waals surface area contributed by atoms with Crippen molar-refractivity contribution >= 4 is 33.6 Å². The van der Waals surface area contributed by atoms with Crippen molar-refractivity contribution in [1.29, 1.82) is 0 Å². The molecule has 1 aliphatic heterocycles. The summed E-state index contributed by atoms with van der Waals surface area (Å²) in [6.07, 6.45) is 0.606. The lowest BCUT2D eigenvalue weighted by molar-refractivity contribution is -0.137. The van der Waals surface area contributed by atoms with Gasteiger partial charge < -0.3 is 19.3 Å². The maximum atomic E-state index is 13.7. The van der Waals surface area contributed by atoms with Gasteiger partial charge in [0.15, 0.2) is 0 Å². The lowest BCUT2D eigenvalue weighted by Gasteiger charge is -2.29. The Hall–Kier alpha value is -3.80. The smallest absolute Gasteiger partial charge is 0.323 e. The van der Waals surface area contributed by atoms with Gasteiger partial charge in [-0.25, -0.2) is 0 Å². The number of ether oxygens (including phenoxy) is 1. The maximum Gasteiger partial charge on any atom is 0.323 e. The summed E-state index contributed by atoms with van der Waals surface area (Å²) in [5.41, 5.74) is 4.61. The number of carboxylic acid groups (broad SMARTS) is 1. The van der Waals surface area contributed by atoms with Crippen LogP contribution in [0.15, 0.2) is 54.6 Å². The standard InChI is InChI=1S/C26H24N2O4/c1-16-7-9-21-19(13-16)20-14-27(12-11-22(20)28(21)15-24(29)30)26(31)25-18-6-4-3-5-17(18)8-10-23(25)32-2/h3-10,13H,11-12,14-15H2,1-2H3,(H,29,30). The fourth-order valence-electron chi connectivity index (χ4n) is 4.85.